The number of ether oxygens (including phenoxy) is 2. The molecule has 0 heterocycles. The molecule has 0 saturated heterocycles. The molecule has 2 rings (SSSR count). The first-order chi connectivity index (χ1) is 13.7. The molecule has 0 fully saturated rings. The Hall–Kier alpha value is -1.72. The Morgan fingerprint density at radius 2 is 1.27 bits per heavy atom. The topological polar surface area (TPSA) is 18.5 Å². The third-order valence-corrected chi connectivity index (χ3v) is 5.88. The van der Waals surface area contributed by atoms with E-state index in [0.717, 1.165) is 11.1 Å². The first kappa shape index (κ1) is 24.5. The molecule has 0 radical (unpaired) electrons. The summed E-state index contributed by atoms with van der Waals surface area (Å²) in [6.07, 6.45) is 0. The second-order valence-electron chi connectivity index (χ2n) is 9.02. The van der Waals surface area contributed by atoms with Gasteiger partial charge in [0.25, 0.3) is 0 Å². The summed E-state index contributed by atoms with van der Waals surface area (Å²) < 4.78 is 80.4. The molecule has 1 unspecified atom stereocenters. The Kier molecular flexibility index (Phi) is 7.20. The van der Waals surface area contributed by atoms with E-state index in [-0.39, 0.29) is 12.2 Å². The highest BCUT2D eigenvalue weighted by Crippen LogP contribution is 2.38. The van der Waals surface area contributed by atoms with Gasteiger partial charge in [-0.2, -0.15) is 0 Å². The minimum atomic E-state index is -2.17. The normalized spacial score (nSPS) is 12.8. The first-order valence-electron chi connectivity index (χ1n) is 9.29. The third-order valence-electron chi connectivity index (χ3n) is 4.55. The van der Waals surface area contributed by atoms with Crippen LogP contribution < -0.4 is 15.3 Å². The molecular formula is C22H26F5O2P. The SMILES string of the molecule is COCOc1c(Pc2c(F)c(F)c(F)c(F)c2F)cc(C(C)(C)C)cc1C(C)(C)C. The average Bonchev–Trinajstić information content (AvgIpc) is 2.64. The van der Waals surface area contributed by atoms with Gasteiger partial charge >= 0.3 is 0 Å². The predicted octanol–water partition coefficient (Wildman–Crippen LogP) is 5.59. The van der Waals surface area contributed by atoms with Crippen LogP contribution in [0.2, 0.25) is 0 Å². The summed E-state index contributed by atoms with van der Waals surface area (Å²) in [5, 5.41) is -0.535. The molecule has 30 heavy (non-hydrogen) atoms. The Bertz CT molecular complexity index is 917. The van der Waals surface area contributed by atoms with Gasteiger partial charge in [0.1, 0.15) is 5.75 Å². The fourth-order valence-electron chi connectivity index (χ4n) is 2.83. The molecular weight excluding hydrogens is 422 g/mol. The van der Waals surface area contributed by atoms with E-state index in [0.29, 0.717) is 11.1 Å². The number of hydrogen-bond donors (Lipinski definition) is 0. The Morgan fingerprint density at radius 1 is 0.767 bits per heavy atom. The molecule has 2 nitrogen and oxygen atoms in total. The van der Waals surface area contributed by atoms with Gasteiger partial charge in [0.05, 0.1) is 5.30 Å². The monoisotopic (exact) mass is 448 g/mol. The van der Waals surface area contributed by atoms with Gasteiger partial charge in [0.2, 0.25) is 5.82 Å². The summed E-state index contributed by atoms with van der Waals surface area (Å²) in [7, 11) is 0.570. The second kappa shape index (κ2) is 8.80. The Balaban J connectivity index is 2.81. The first-order valence-corrected chi connectivity index (χ1v) is 10.3. The zero-order valence-corrected chi connectivity index (χ0v) is 19.1. The molecule has 0 N–H and O–H groups in total. The van der Waals surface area contributed by atoms with Crippen molar-refractivity contribution in [2.24, 2.45) is 0 Å². The highest BCUT2D eigenvalue weighted by Gasteiger charge is 2.30. The standard InChI is InChI=1S/C22H26F5O2P/c1-21(2,3)11-8-12(22(4,5)6)19(29-10-28-7)13(9-11)30-20-17(26)15(24)14(23)16(25)18(20)27/h8-9,30H,10H2,1-7H3. The van der Waals surface area contributed by atoms with Gasteiger partial charge in [0.15, 0.2) is 30.1 Å². The van der Waals surface area contributed by atoms with E-state index in [1.807, 2.05) is 47.6 Å². The molecule has 0 saturated carbocycles. The maximum absolute atomic E-state index is 14.4. The molecule has 0 aliphatic rings. The van der Waals surface area contributed by atoms with Crippen LogP contribution in [0.15, 0.2) is 12.1 Å². The van der Waals surface area contributed by atoms with Gasteiger partial charge in [-0.15, -0.1) is 0 Å². The number of methoxy groups -OCH3 is 1. The van der Waals surface area contributed by atoms with Crippen LogP contribution in [0.5, 0.6) is 5.75 Å². The van der Waals surface area contributed by atoms with E-state index in [2.05, 4.69) is 0 Å². The number of halogens is 5. The van der Waals surface area contributed by atoms with Gasteiger partial charge in [-0.25, -0.2) is 22.0 Å². The van der Waals surface area contributed by atoms with Gasteiger partial charge in [-0.05, 0) is 31.0 Å². The van der Waals surface area contributed by atoms with E-state index in [9.17, 15) is 22.0 Å². The zero-order valence-electron chi connectivity index (χ0n) is 18.1. The van der Waals surface area contributed by atoms with E-state index in [4.69, 9.17) is 9.47 Å². The zero-order chi connectivity index (χ0) is 23.0. The summed E-state index contributed by atoms with van der Waals surface area (Å²) in [6.45, 7) is 11.6. The summed E-state index contributed by atoms with van der Waals surface area (Å²) in [6, 6.07) is 3.63. The van der Waals surface area contributed by atoms with Crippen molar-refractivity contribution in [2.75, 3.05) is 13.9 Å². The minimum absolute atomic E-state index is 0.132. The largest absolute Gasteiger partial charge is 0.467 e. The van der Waals surface area contributed by atoms with Crippen LogP contribution in [0.25, 0.3) is 0 Å². The van der Waals surface area contributed by atoms with E-state index in [1.165, 1.54) is 7.11 Å². The molecule has 2 aromatic rings. The number of benzene rings is 2. The molecule has 1 atom stereocenters. The van der Waals surface area contributed by atoms with E-state index < -0.39 is 48.4 Å². The van der Waals surface area contributed by atoms with Crippen LogP contribution in [0.4, 0.5) is 22.0 Å². The molecule has 8 heteroatoms. The lowest BCUT2D eigenvalue weighted by molar-refractivity contribution is 0.0506. The van der Waals surface area contributed by atoms with Crippen LogP contribution >= 0.6 is 8.58 Å². The fourth-order valence-corrected chi connectivity index (χ4v) is 4.09. The summed E-state index contributed by atoms with van der Waals surface area (Å²) in [4.78, 5) is 0. The predicted molar refractivity (Wildman–Crippen MR) is 110 cm³/mol. The van der Waals surface area contributed by atoms with Gasteiger partial charge in [0, 0.05) is 18.0 Å². The smallest absolute Gasteiger partial charge is 0.200 e. The molecule has 0 spiro atoms. The van der Waals surface area contributed by atoms with Crippen LogP contribution in [0, 0.1) is 29.1 Å². The lowest BCUT2D eigenvalue weighted by Crippen LogP contribution is -2.25. The lowest BCUT2D eigenvalue weighted by Gasteiger charge is -2.29. The Labute approximate surface area is 175 Å². The van der Waals surface area contributed by atoms with Crippen LogP contribution in [-0.2, 0) is 15.6 Å². The molecule has 0 bridgehead atoms. The molecule has 0 amide bonds. The maximum atomic E-state index is 14.4. The molecule has 2 aromatic carbocycles. The number of hydrogen-bond acceptors (Lipinski definition) is 2. The van der Waals surface area contributed by atoms with Crippen molar-refractivity contribution in [1.29, 1.82) is 0 Å². The summed E-state index contributed by atoms with van der Waals surface area (Å²) in [5.41, 5.74) is 0.858. The third kappa shape index (κ3) is 4.94. The van der Waals surface area contributed by atoms with Crippen molar-refractivity contribution in [1.82, 2.24) is 0 Å². The van der Waals surface area contributed by atoms with Crippen molar-refractivity contribution in [3.05, 3.63) is 52.3 Å². The molecule has 0 aliphatic carbocycles. The summed E-state index contributed by atoms with van der Waals surface area (Å²) >= 11 is 0. The van der Waals surface area contributed by atoms with Crippen molar-refractivity contribution in [2.45, 2.75) is 52.4 Å². The molecule has 0 aromatic heterocycles. The summed E-state index contributed by atoms with van der Waals surface area (Å²) in [5.74, 6) is -9.44. The quantitative estimate of drug-likeness (QED) is 0.195. The van der Waals surface area contributed by atoms with Gasteiger partial charge in [-0.3, -0.25) is 0 Å². The minimum Gasteiger partial charge on any atom is -0.467 e. The maximum Gasteiger partial charge on any atom is 0.200 e. The van der Waals surface area contributed by atoms with E-state index >= 15 is 0 Å². The Morgan fingerprint density at radius 3 is 1.70 bits per heavy atom. The van der Waals surface area contributed by atoms with Gasteiger partial charge < -0.3 is 9.47 Å². The average molecular weight is 448 g/mol. The van der Waals surface area contributed by atoms with Crippen LogP contribution in [-0.4, -0.2) is 13.9 Å². The van der Waals surface area contributed by atoms with Crippen molar-refractivity contribution in [3.8, 4) is 5.75 Å². The van der Waals surface area contributed by atoms with Gasteiger partial charge in [-0.1, -0.05) is 47.6 Å². The van der Waals surface area contributed by atoms with E-state index in [1.54, 1.807) is 6.07 Å². The van der Waals surface area contributed by atoms with Crippen molar-refractivity contribution in [3.63, 3.8) is 0 Å². The fraction of sp³-hybridized carbons (Fsp3) is 0.455. The van der Waals surface area contributed by atoms with Crippen LogP contribution in [0.1, 0.15) is 52.7 Å². The van der Waals surface area contributed by atoms with Crippen molar-refractivity contribution < 1.29 is 31.4 Å². The highest BCUT2D eigenvalue weighted by molar-refractivity contribution is 7.55. The van der Waals surface area contributed by atoms with Crippen molar-refractivity contribution >= 4 is 19.2 Å². The molecule has 0 aliphatic heterocycles. The second-order valence-corrected chi connectivity index (χ2v) is 10.3. The number of rotatable bonds is 5. The highest BCUT2D eigenvalue weighted by atomic mass is 31.1. The van der Waals surface area contributed by atoms with Crippen LogP contribution in [0.3, 0.4) is 0 Å². The lowest BCUT2D eigenvalue weighted by atomic mass is 9.80. The molecule has 166 valence electrons.